The van der Waals surface area contributed by atoms with Gasteiger partial charge in [-0.2, -0.15) is 4.99 Å². The Morgan fingerprint density at radius 3 is 2.62 bits per heavy atom. The van der Waals surface area contributed by atoms with Crippen molar-refractivity contribution in [2.24, 2.45) is 10.7 Å². The van der Waals surface area contributed by atoms with Crippen molar-refractivity contribution in [3.63, 3.8) is 0 Å². The summed E-state index contributed by atoms with van der Waals surface area (Å²) in [6, 6.07) is 5.64. The Kier molecular flexibility index (Phi) is 2.42. The van der Waals surface area contributed by atoms with Crippen LogP contribution in [0.1, 0.15) is 22.7 Å². The monoisotopic (exact) mass is 217 g/mol. The van der Waals surface area contributed by atoms with E-state index in [2.05, 4.69) is 11.1 Å². The molecule has 0 spiro atoms. The van der Waals surface area contributed by atoms with Gasteiger partial charge >= 0.3 is 6.03 Å². The highest BCUT2D eigenvalue weighted by atomic mass is 16.2. The molecule has 16 heavy (non-hydrogen) atoms. The van der Waals surface area contributed by atoms with E-state index < -0.39 is 0 Å². The topological polar surface area (TPSA) is 58.7 Å². The number of rotatable bonds is 1. The molecule has 1 atom stereocenters. The maximum absolute atomic E-state index is 11.4. The van der Waals surface area contributed by atoms with E-state index in [0.29, 0.717) is 5.84 Å². The van der Waals surface area contributed by atoms with Crippen molar-refractivity contribution in [2.45, 2.75) is 19.9 Å². The number of likely N-dealkylation sites (N-methyl/N-ethyl adjacent to an activating group) is 1. The van der Waals surface area contributed by atoms with Crippen molar-refractivity contribution in [3.05, 3.63) is 34.9 Å². The Hall–Kier alpha value is -1.84. The van der Waals surface area contributed by atoms with Crippen LogP contribution in [-0.2, 0) is 0 Å². The molecule has 0 bridgehead atoms. The molecule has 1 heterocycles. The standard InChI is InChI=1S/C12H15N3O/c1-7-4-5-8(2)9(6-7)10-11(13)14-12(16)15(10)3/h4-6,10H,1-3H3,(H2,13,14,16). The molecule has 0 fully saturated rings. The minimum atomic E-state index is -0.275. The molecule has 0 aromatic heterocycles. The van der Waals surface area contributed by atoms with Gasteiger partial charge in [0.2, 0.25) is 0 Å². The summed E-state index contributed by atoms with van der Waals surface area (Å²) in [5.41, 5.74) is 9.12. The minimum absolute atomic E-state index is 0.215. The SMILES string of the molecule is Cc1ccc(C)c(C2C(N)=NC(=O)N2C)c1. The van der Waals surface area contributed by atoms with Gasteiger partial charge in [-0.3, -0.25) is 0 Å². The molecule has 1 unspecified atom stereocenters. The highest BCUT2D eigenvalue weighted by Gasteiger charge is 2.32. The van der Waals surface area contributed by atoms with Crippen LogP contribution < -0.4 is 5.73 Å². The smallest absolute Gasteiger partial charge is 0.345 e. The van der Waals surface area contributed by atoms with E-state index in [9.17, 15) is 4.79 Å². The summed E-state index contributed by atoms with van der Waals surface area (Å²) in [6.45, 7) is 4.03. The summed E-state index contributed by atoms with van der Waals surface area (Å²) in [5.74, 6) is 0.376. The average molecular weight is 217 g/mol. The number of benzene rings is 1. The zero-order chi connectivity index (χ0) is 11.9. The lowest BCUT2D eigenvalue weighted by Crippen LogP contribution is -2.30. The summed E-state index contributed by atoms with van der Waals surface area (Å²) >= 11 is 0. The van der Waals surface area contributed by atoms with E-state index in [1.165, 1.54) is 0 Å². The lowest BCUT2D eigenvalue weighted by Gasteiger charge is -2.22. The number of carbonyl (C=O) groups is 1. The van der Waals surface area contributed by atoms with E-state index in [1.54, 1.807) is 11.9 Å². The number of hydrogen-bond acceptors (Lipinski definition) is 2. The predicted octanol–water partition coefficient (Wildman–Crippen LogP) is 1.77. The molecule has 4 nitrogen and oxygen atoms in total. The third kappa shape index (κ3) is 1.56. The van der Waals surface area contributed by atoms with Crippen LogP contribution in [0.5, 0.6) is 0 Å². The van der Waals surface area contributed by atoms with E-state index >= 15 is 0 Å². The van der Waals surface area contributed by atoms with E-state index in [0.717, 1.165) is 16.7 Å². The van der Waals surface area contributed by atoms with Crippen LogP contribution in [-0.4, -0.2) is 23.8 Å². The summed E-state index contributed by atoms with van der Waals surface area (Å²) < 4.78 is 0. The van der Waals surface area contributed by atoms with Gasteiger partial charge in [0.25, 0.3) is 0 Å². The van der Waals surface area contributed by atoms with Crippen LogP contribution in [0.25, 0.3) is 0 Å². The molecule has 4 heteroatoms. The van der Waals surface area contributed by atoms with Crippen LogP contribution >= 0.6 is 0 Å². The lowest BCUT2D eigenvalue weighted by atomic mass is 9.98. The molecule has 2 N–H and O–H groups in total. The van der Waals surface area contributed by atoms with Gasteiger partial charge in [-0.15, -0.1) is 0 Å². The fourth-order valence-corrected chi connectivity index (χ4v) is 1.98. The second-order valence-electron chi connectivity index (χ2n) is 4.19. The van der Waals surface area contributed by atoms with Gasteiger partial charge in [0.05, 0.1) is 0 Å². The number of nitrogens with zero attached hydrogens (tertiary/aromatic N) is 2. The van der Waals surface area contributed by atoms with Gasteiger partial charge in [0, 0.05) is 7.05 Å². The van der Waals surface area contributed by atoms with Gasteiger partial charge in [0.15, 0.2) is 0 Å². The molecule has 0 radical (unpaired) electrons. The van der Waals surface area contributed by atoms with Crippen molar-refractivity contribution in [1.29, 1.82) is 0 Å². The van der Waals surface area contributed by atoms with E-state index in [-0.39, 0.29) is 12.1 Å². The molecule has 0 saturated heterocycles. The predicted molar refractivity (Wildman–Crippen MR) is 63.4 cm³/mol. The first kappa shape index (κ1) is 10.7. The highest BCUT2D eigenvalue weighted by molar-refractivity contribution is 6.03. The van der Waals surface area contributed by atoms with Crippen LogP contribution in [0, 0.1) is 13.8 Å². The number of hydrogen-bond donors (Lipinski definition) is 1. The molecule has 0 aliphatic carbocycles. The fourth-order valence-electron chi connectivity index (χ4n) is 1.98. The van der Waals surface area contributed by atoms with Gasteiger partial charge in [0.1, 0.15) is 11.9 Å². The maximum Gasteiger partial charge on any atom is 0.345 e. The number of nitrogens with two attached hydrogens (primary N) is 1. The first-order valence-corrected chi connectivity index (χ1v) is 5.18. The molecular weight excluding hydrogens is 202 g/mol. The summed E-state index contributed by atoms with van der Waals surface area (Å²) in [4.78, 5) is 16.8. The van der Waals surface area contributed by atoms with Crippen molar-refractivity contribution in [1.82, 2.24) is 4.90 Å². The van der Waals surface area contributed by atoms with Gasteiger partial charge in [-0.1, -0.05) is 23.8 Å². The zero-order valence-corrected chi connectivity index (χ0v) is 9.69. The number of aryl methyl sites for hydroxylation is 2. The fraction of sp³-hybridized carbons (Fsp3) is 0.333. The number of carbonyl (C=O) groups excluding carboxylic acids is 1. The second-order valence-corrected chi connectivity index (χ2v) is 4.19. The minimum Gasteiger partial charge on any atom is -0.385 e. The zero-order valence-electron chi connectivity index (χ0n) is 9.69. The summed E-state index contributed by atoms with van der Waals surface area (Å²) in [6.07, 6.45) is 0. The van der Waals surface area contributed by atoms with E-state index in [4.69, 9.17) is 5.73 Å². The third-order valence-corrected chi connectivity index (χ3v) is 2.92. The number of amidine groups is 1. The number of aliphatic imine (C=N–C) groups is 1. The van der Waals surface area contributed by atoms with E-state index in [1.807, 2.05) is 26.0 Å². The van der Waals surface area contributed by atoms with Gasteiger partial charge in [-0.05, 0) is 25.0 Å². The average Bonchev–Trinajstić information content (AvgIpc) is 2.46. The Bertz CT molecular complexity index is 479. The third-order valence-electron chi connectivity index (χ3n) is 2.92. The Balaban J connectivity index is 2.49. The van der Waals surface area contributed by atoms with Crippen molar-refractivity contribution >= 4 is 11.9 Å². The second kappa shape index (κ2) is 3.63. The molecule has 0 saturated carbocycles. The lowest BCUT2D eigenvalue weighted by molar-refractivity contribution is 0.218. The molecule has 2 amide bonds. The number of amides is 2. The molecule has 1 aromatic rings. The molecule has 84 valence electrons. The molecule has 1 aliphatic heterocycles. The maximum atomic E-state index is 11.4. The molecule has 1 aliphatic rings. The van der Waals surface area contributed by atoms with Crippen LogP contribution in [0.2, 0.25) is 0 Å². The Labute approximate surface area is 94.8 Å². The Morgan fingerprint density at radius 1 is 1.38 bits per heavy atom. The van der Waals surface area contributed by atoms with Gasteiger partial charge in [-0.25, -0.2) is 4.79 Å². The normalized spacial score (nSPS) is 20.2. The quantitative estimate of drug-likeness (QED) is 0.779. The highest BCUT2D eigenvalue weighted by Crippen LogP contribution is 2.28. The van der Waals surface area contributed by atoms with Gasteiger partial charge < -0.3 is 10.6 Å². The van der Waals surface area contributed by atoms with Crippen LogP contribution in [0.15, 0.2) is 23.2 Å². The first-order chi connectivity index (χ1) is 7.50. The molecule has 1 aromatic carbocycles. The van der Waals surface area contributed by atoms with Crippen LogP contribution in [0.4, 0.5) is 4.79 Å². The molecule has 2 rings (SSSR count). The van der Waals surface area contributed by atoms with Crippen molar-refractivity contribution < 1.29 is 4.79 Å². The number of urea groups is 1. The van der Waals surface area contributed by atoms with Crippen molar-refractivity contribution in [3.8, 4) is 0 Å². The first-order valence-electron chi connectivity index (χ1n) is 5.18. The Morgan fingerprint density at radius 2 is 2.06 bits per heavy atom. The summed E-state index contributed by atoms with van der Waals surface area (Å²) in [7, 11) is 1.72. The molecular formula is C12H15N3O. The largest absolute Gasteiger partial charge is 0.385 e. The van der Waals surface area contributed by atoms with Crippen LogP contribution in [0.3, 0.4) is 0 Å². The summed E-state index contributed by atoms with van der Waals surface area (Å²) in [5, 5.41) is 0. The van der Waals surface area contributed by atoms with Crippen molar-refractivity contribution in [2.75, 3.05) is 7.05 Å².